The highest BCUT2D eigenvalue weighted by Gasteiger charge is 2.64. The van der Waals surface area contributed by atoms with Gasteiger partial charge in [-0.05, 0) is 0 Å². The first-order chi connectivity index (χ1) is 22.4. The summed E-state index contributed by atoms with van der Waals surface area (Å²) in [7, 11) is -9.93. The maximum atomic E-state index is 13.5. The Morgan fingerprint density at radius 2 is 1.87 bits per heavy atom. The molecule has 0 aliphatic carbocycles. The fourth-order valence-corrected chi connectivity index (χ4v) is 8.33. The minimum Gasteiger partial charge on any atom is -0.756 e. The summed E-state index contributed by atoms with van der Waals surface area (Å²) < 4.78 is 79.6. The molecular formula is C22H25N11O12PS-. The molecule has 7 N–H and O–H groups in total. The highest BCUT2D eigenvalue weighted by Crippen LogP contribution is 2.54. The zero-order valence-electron chi connectivity index (χ0n) is 23.7. The number of anilines is 2. The van der Waals surface area contributed by atoms with Crippen molar-refractivity contribution in [3.05, 3.63) is 29.3 Å². The van der Waals surface area contributed by atoms with Gasteiger partial charge in [0.1, 0.15) is 35.8 Å². The van der Waals surface area contributed by atoms with E-state index in [1.165, 1.54) is 21.8 Å². The molecule has 47 heavy (non-hydrogen) atoms. The highest BCUT2D eigenvalue weighted by atomic mass is 32.2. The lowest BCUT2D eigenvalue weighted by Gasteiger charge is -2.33. The van der Waals surface area contributed by atoms with Crippen LogP contribution >= 0.6 is 7.82 Å². The normalized spacial score (nSPS) is 37.0. The van der Waals surface area contributed by atoms with E-state index in [-0.39, 0.29) is 40.7 Å². The van der Waals surface area contributed by atoms with Crippen LogP contribution in [0.3, 0.4) is 0 Å². The predicted molar refractivity (Wildman–Crippen MR) is 150 cm³/mol. The molecule has 4 aliphatic rings. The Morgan fingerprint density at radius 3 is 2.66 bits per heavy atom. The van der Waals surface area contributed by atoms with E-state index in [9.17, 15) is 27.8 Å². The number of aromatic amines is 1. The van der Waals surface area contributed by atoms with Crippen LogP contribution in [0.2, 0.25) is 0 Å². The number of nitrogens with zero attached hydrogens (tertiary/aromatic N) is 7. The number of aliphatic hydroxyl groups excluding tert-OH is 1. The van der Waals surface area contributed by atoms with Crippen LogP contribution < -0.4 is 26.6 Å². The molecule has 4 fully saturated rings. The van der Waals surface area contributed by atoms with Gasteiger partial charge in [0, 0.05) is 12.5 Å². The van der Waals surface area contributed by atoms with Crippen LogP contribution in [0.1, 0.15) is 12.5 Å². The van der Waals surface area contributed by atoms with Crippen LogP contribution in [-0.2, 0) is 42.3 Å². The Labute approximate surface area is 262 Å². The van der Waals surface area contributed by atoms with Gasteiger partial charge in [-0.1, -0.05) is 0 Å². The summed E-state index contributed by atoms with van der Waals surface area (Å²) in [5.41, 5.74) is 9.47. The highest BCUT2D eigenvalue weighted by molar-refractivity contribution is 7.84. The second-order valence-corrected chi connectivity index (χ2v) is 14.0. The van der Waals surface area contributed by atoms with Crippen LogP contribution in [-0.4, -0.2) is 109 Å². The van der Waals surface area contributed by atoms with Crippen molar-refractivity contribution in [2.45, 2.75) is 42.5 Å². The standard InChI is InChI=1S/C22H26N11O12PS/c23-15-10-16(26-5-25-15)32(6-27-10)20-13-14-22(43-20,4-40-13)3-29-47(38,39)45-12-8(1-34)9(2-41-46(36,37)44-14)42-19(12)33-7-28-11-17(33)30-21(24)31-18(11)35/h5-9,12-14,19-20,29,34H,1-4H2,(H,36,37)(H2,23,25,26)(H3,24,30,31,35)/p-1/t8-,9-,12-,13-,14?,19-,20-,22+/m1/s1. The topological polar surface area (TPSA) is 321 Å². The van der Waals surface area contributed by atoms with Crippen LogP contribution in [0.15, 0.2) is 23.8 Å². The summed E-state index contributed by atoms with van der Waals surface area (Å²) in [6, 6.07) is 0. The van der Waals surface area contributed by atoms with Gasteiger partial charge in [-0.3, -0.25) is 23.5 Å². The van der Waals surface area contributed by atoms with Crippen LogP contribution in [0.4, 0.5) is 11.8 Å². The van der Waals surface area contributed by atoms with Crippen LogP contribution in [0.25, 0.3) is 22.3 Å². The molecule has 0 spiro atoms. The van der Waals surface area contributed by atoms with E-state index in [0.717, 1.165) is 6.33 Å². The predicted octanol–water partition coefficient (Wildman–Crippen LogP) is -3.60. The summed E-state index contributed by atoms with van der Waals surface area (Å²) in [5.74, 6) is -1.35. The molecule has 4 aliphatic heterocycles. The molecule has 25 heteroatoms. The molecule has 4 bridgehead atoms. The molecule has 0 amide bonds. The van der Waals surface area contributed by atoms with Crippen molar-refractivity contribution in [1.29, 1.82) is 0 Å². The zero-order valence-corrected chi connectivity index (χ0v) is 25.4. The second-order valence-electron chi connectivity index (χ2n) is 11.2. The van der Waals surface area contributed by atoms with Gasteiger partial charge in [0.05, 0.1) is 38.6 Å². The van der Waals surface area contributed by atoms with Gasteiger partial charge in [0.25, 0.3) is 13.4 Å². The maximum absolute atomic E-state index is 13.5. The van der Waals surface area contributed by atoms with Crippen molar-refractivity contribution in [3.63, 3.8) is 0 Å². The number of hydrogen-bond donors (Lipinski definition) is 5. The van der Waals surface area contributed by atoms with Crippen LogP contribution in [0, 0.1) is 5.92 Å². The fraction of sp³-hybridized carbons (Fsp3) is 0.545. The van der Waals surface area contributed by atoms with Gasteiger partial charge < -0.3 is 44.7 Å². The molecule has 4 saturated heterocycles. The lowest BCUT2D eigenvalue weighted by Crippen LogP contribution is -2.52. The van der Waals surface area contributed by atoms with Gasteiger partial charge >= 0.3 is 10.3 Å². The van der Waals surface area contributed by atoms with Crippen molar-refractivity contribution in [2.75, 3.05) is 37.8 Å². The molecule has 8 rings (SSSR count). The number of aliphatic hydroxyl groups is 1. The molecule has 9 atom stereocenters. The number of fused-ring (bicyclic) bond motifs is 4. The van der Waals surface area contributed by atoms with Crippen molar-refractivity contribution in [3.8, 4) is 0 Å². The summed E-state index contributed by atoms with van der Waals surface area (Å²) in [4.78, 5) is 48.3. The van der Waals surface area contributed by atoms with E-state index >= 15 is 0 Å². The monoisotopic (exact) mass is 698 g/mol. The maximum Gasteiger partial charge on any atom is 0.336 e. The Kier molecular flexibility index (Phi) is 6.95. The molecule has 0 saturated carbocycles. The number of phosphoric acid groups is 1. The Morgan fingerprint density at radius 1 is 1.11 bits per heavy atom. The number of nitrogens with two attached hydrogens (primary N) is 2. The van der Waals surface area contributed by atoms with Crippen molar-refractivity contribution < 1.29 is 50.4 Å². The lowest BCUT2D eigenvalue weighted by atomic mass is 9.99. The summed E-state index contributed by atoms with van der Waals surface area (Å²) >= 11 is 0. The number of ether oxygens (including phenoxy) is 3. The summed E-state index contributed by atoms with van der Waals surface area (Å²) in [6.45, 7) is -2.33. The Hall–Kier alpha value is -3.68. The molecule has 23 nitrogen and oxygen atoms in total. The number of phosphoric ester groups is 1. The van der Waals surface area contributed by atoms with E-state index in [2.05, 4.69) is 34.6 Å². The Balaban J connectivity index is 1.16. The molecule has 4 aromatic heterocycles. The van der Waals surface area contributed by atoms with Gasteiger partial charge in [-0.25, -0.2) is 24.1 Å². The van der Waals surface area contributed by atoms with Crippen molar-refractivity contribution >= 4 is 52.2 Å². The number of hydrogen-bond acceptors (Lipinski definition) is 19. The van der Waals surface area contributed by atoms with E-state index in [4.69, 9.17) is 38.9 Å². The smallest absolute Gasteiger partial charge is 0.336 e. The van der Waals surface area contributed by atoms with Crippen molar-refractivity contribution in [2.24, 2.45) is 5.92 Å². The van der Waals surface area contributed by atoms with Gasteiger partial charge in [0.15, 0.2) is 35.1 Å². The number of imidazole rings is 2. The van der Waals surface area contributed by atoms with Gasteiger partial charge in [0.2, 0.25) is 5.95 Å². The SMILES string of the molecule is Nc1nc2c(ncn2[C@@H]2O[C@@H]3COP(=O)([O-])OC4[C@H]5OC[C@]4(CNS(=O)(=O)O[C@@H]2[C@@H]3CO)O[C@H]5n2cnc3c(N)ncnc32)c(=O)[nH]1. The number of rotatable bonds is 3. The largest absolute Gasteiger partial charge is 0.756 e. The summed E-state index contributed by atoms with van der Waals surface area (Å²) in [6.07, 6.45) is -4.12. The van der Waals surface area contributed by atoms with E-state index < -0.39 is 91.8 Å². The van der Waals surface area contributed by atoms with Crippen molar-refractivity contribution in [1.82, 2.24) is 43.8 Å². The first-order valence-corrected chi connectivity index (χ1v) is 16.8. The molecule has 4 aromatic rings. The third-order valence-corrected chi connectivity index (χ3v) is 10.4. The van der Waals surface area contributed by atoms with Gasteiger partial charge in [-0.15, -0.1) is 0 Å². The molecular weight excluding hydrogens is 673 g/mol. The third-order valence-electron chi connectivity index (χ3n) is 8.49. The average molecular weight is 699 g/mol. The molecule has 2 unspecified atom stereocenters. The minimum absolute atomic E-state index is 0.0863. The third kappa shape index (κ3) is 4.91. The van der Waals surface area contributed by atoms with E-state index in [1.54, 1.807) is 0 Å². The number of nitrogens with one attached hydrogen (secondary N) is 2. The number of nitrogen functional groups attached to an aromatic ring is 2. The number of aromatic nitrogens is 8. The fourth-order valence-electron chi connectivity index (χ4n) is 6.33. The molecule has 8 heterocycles. The molecule has 0 radical (unpaired) electrons. The van der Waals surface area contributed by atoms with E-state index in [1.807, 2.05) is 0 Å². The van der Waals surface area contributed by atoms with E-state index in [0.29, 0.717) is 0 Å². The number of H-pyrrole nitrogens is 1. The minimum atomic E-state index is -5.21. The average Bonchev–Trinajstić information content (AvgIpc) is 3.82. The molecule has 252 valence electrons. The Bertz CT molecular complexity index is 2110. The van der Waals surface area contributed by atoms with Crippen LogP contribution in [0.5, 0.6) is 0 Å². The lowest BCUT2D eigenvalue weighted by molar-refractivity contribution is -0.235. The second kappa shape index (κ2) is 10.7. The first kappa shape index (κ1) is 30.6. The first-order valence-electron chi connectivity index (χ1n) is 13.9. The van der Waals surface area contributed by atoms with Gasteiger partial charge in [-0.2, -0.15) is 18.1 Å². The molecule has 0 aromatic carbocycles. The quantitative estimate of drug-likeness (QED) is 0.129. The zero-order chi connectivity index (χ0) is 32.9. The summed E-state index contributed by atoms with van der Waals surface area (Å²) in [5, 5.41) is 10.3.